The van der Waals surface area contributed by atoms with E-state index in [1.807, 2.05) is 6.92 Å². The lowest BCUT2D eigenvalue weighted by atomic mass is 10.3. The molecule has 0 aliphatic heterocycles. The number of aryl methyl sites for hydroxylation is 1. The molecular weight excluding hydrogens is 377 g/mol. The first-order valence-corrected chi connectivity index (χ1v) is 9.52. The van der Waals surface area contributed by atoms with Gasteiger partial charge in [0.05, 0.1) is 5.69 Å². The summed E-state index contributed by atoms with van der Waals surface area (Å²) in [6, 6.07) is 5.10. The molecule has 0 saturated heterocycles. The number of nitrogens with zero attached hydrogens (tertiary/aromatic N) is 2. The van der Waals surface area contributed by atoms with Gasteiger partial charge in [0.15, 0.2) is 0 Å². The lowest BCUT2D eigenvalue weighted by Gasteiger charge is -2.07. The van der Waals surface area contributed by atoms with Gasteiger partial charge in [0.2, 0.25) is 11.7 Å². The van der Waals surface area contributed by atoms with Crippen LogP contribution in [-0.2, 0) is 16.4 Å². The zero-order valence-electron chi connectivity index (χ0n) is 12.3. The molecule has 0 saturated carbocycles. The molecule has 0 spiro atoms. The van der Waals surface area contributed by atoms with Gasteiger partial charge in [-0.25, -0.2) is 12.8 Å². The fraction of sp³-hybridized carbons (Fsp3) is 0.143. The summed E-state index contributed by atoms with van der Waals surface area (Å²) in [6.07, 6.45) is 0.583. The summed E-state index contributed by atoms with van der Waals surface area (Å²) in [6.45, 7) is 1.87. The van der Waals surface area contributed by atoms with Crippen LogP contribution in [-0.4, -0.2) is 18.6 Å². The average molecular weight is 388 g/mol. The molecule has 6 nitrogen and oxygen atoms in total. The number of sulfonamides is 1. The first-order chi connectivity index (χ1) is 11.4. The van der Waals surface area contributed by atoms with Crippen molar-refractivity contribution in [2.75, 3.05) is 4.72 Å². The predicted molar refractivity (Wildman–Crippen MR) is 89.2 cm³/mol. The Balaban J connectivity index is 1.87. The topological polar surface area (TPSA) is 85.1 Å². The third-order valence-corrected chi connectivity index (χ3v) is 6.08. The standard InChI is InChI=1S/C14H11ClFN3O3S2/c1-2-12-17-14(18-22-12)8-5-13(23-7-8)24(20,21)19-11-4-3-9(15)6-10(11)16/h3-7,19H,2H2,1H3. The Labute approximate surface area is 146 Å². The molecule has 0 amide bonds. The van der Waals surface area contributed by atoms with Crippen LogP contribution in [0.2, 0.25) is 5.02 Å². The molecule has 2 aromatic heterocycles. The summed E-state index contributed by atoms with van der Waals surface area (Å²) in [4.78, 5) is 4.14. The maximum atomic E-state index is 13.8. The van der Waals surface area contributed by atoms with Crippen molar-refractivity contribution in [2.45, 2.75) is 17.6 Å². The van der Waals surface area contributed by atoms with E-state index in [0.717, 1.165) is 17.4 Å². The second kappa shape index (κ2) is 6.50. The molecule has 0 unspecified atom stereocenters. The molecule has 0 aliphatic carbocycles. The zero-order chi connectivity index (χ0) is 17.3. The van der Waals surface area contributed by atoms with Gasteiger partial charge in [-0.05, 0) is 24.3 Å². The fourth-order valence-corrected chi connectivity index (χ4v) is 4.24. The van der Waals surface area contributed by atoms with Crippen molar-refractivity contribution in [1.29, 1.82) is 0 Å². The predicted octanol–water partition coefficient (Wildman–Crippen LogP) is 3.95. The van der Waals surface area contributed by atoms with Crippen molar-refractivity contribution in [3.63, 3.8) is 0 Å². The third-order valence-electron chi connectivity index (χ3n) is 3.04. The minimum atomic E-state index is -3.94. The van der Waals surface area contributed by atoms with E-state index in [4.69, 9.17) is 16.1 Å². The van der Waals surface area contributed by atoms with Gasteiger partial charge in [-0.1, -0.05) is 23.7 Å². The molecule has 0 radical (unpaired) electrons. The van der Waals surface area contributed by atoms with Crippen molar-refractivity contribution in [3.8, 4) is 11.4 Å². The normalized spacial score (nSPS) is 11.6. The monoisotopic (exact) mass is 387 g/mol. The fourth-order valence-electron chi connectivity index (χ4n) is 1.86. The van der Waals surface area contributed by atoms with Gasteiger partial charge >= 0.3 is 0 Å². The molecule has 1 aromatic carbocycles. The van der Waals surface area contributed by atoms with Crippen molar-refractivity contribution in [3.05, 3.63) is 46.4 Å². The largest absolute Gasteiger partial charge is 0.339 e. The van der Waals surface area contributed by atoms with E-state index >= 15 is 0 Å². The summed E-state index contributed by atoms with van der Waals surface area (Å²) in [5, 5.41) is 5.56. The van der Waals surface area contributed by atoms with Crippen molar-refractivity contribution < 1.29 is 17.3 Å². The number of hydrogen-bond donors (Lipinski definition) is 1. The quantitative estimate of drug-likeness (QED) is 0.716. The minimum Gasteiger partial charge on any atom is -0.339 e. The first-order valence-electron chi connectivity index (χ1n) is 6.78. The highest BCUT2D eigenvalue weighted by atomic mass is 35.5. The highest BCUT2D eigenvalue weighted by molar-refractivity contribution is 7.94. The molecular formula is C14H11ClFN3O3S2. The number of rotatable bonds is 5. The van der Waals surface area contributed by atoms with E-state index in [1.165, 1.54) is 18.2 Å². The maximum Gasteiger partial charge on any atom is 0.271 e. The van der Waals surface area contributed by atoms with Crippen LogP contribution in [0.4, 0.5) is 10.1 Å². The van der Waals surface area contributed by atoms with E-state index < -0.39 is 15.8 Å². The van der Waals surface area contributed by atoms with Crippen molar-refractivity contribution in [1.82, 2.24) is 10.1 Å². The molecule has 3 rings (SSSR count). The molecule has 0 fully saturated rings. The molecule has 126 valence electrons. The van der Waals surface area contributed by atoms with E-state index in [0.29, 0.717) is 23.7 Å². The van der Waals surface area contributed by atoms with Gasteiger partial charge in [-0.3, -0.25) is 4.72 Å². The number of hydrogen-bond acceptors (Lipinski definition) is 6. The number of benzene rings is 1. The van der Waals surface area contributed by atoms with Gasteiger partial charge < -0.3 is 4.52 Å². The van der Waals surface area contributed by atoms with Crippen LogP contribution in [0.3, 0.4) is 0 Å². The number of nitrogens with one attached hydrogen (secondary N) is 1. The smallest absolute Gasteiger partial charge is 0.271 e. The van der Waals surface area contributed by atoms with Crippen LogP contribution < -0.4 is 4.72 Å². The van der Waals surface area contributed by atoms with E-state index in [-0.39, 0.29) is 14.9 Å². The molecule has 1 N–H and O–H groups in total. The highest BCUT2D eigenvalue weighted by Crippen LogP contribution is 2.29. The summed E-state index contributed by atoms with van der Waals surface area (Å²) in [7, 11) is -3.94. The molecule has 24 heavy (non-hydrogen) atoms. The Kier molecular flexibility index (Phi) is 4.57. The Hall–Kier alpha value is -1.97. The molecule has 0 atom stereocenters. The molecule has 0 aliphatic rings. The van der Waals surface area contributed by atoms with Crippen LogP contribution in [0.5, 0.6) is 0 Å². The lowest BCUT2D eigenvalue weighted by molar-refractivity contribution is 0.383. The van der Waals surface area contributed by atoms with E-state index in [2.05, 4.69) is 14.9 Å². The minimum absolute atomic E-state index is 0.00898. The molecule has 3 aromatic rings. The molecule has 10 heteroatoms. The Morgan fingerprint density at radius 3 is 2.83 bits per heavy atom. The summed E-state index contributed by atoms with van der Waals surface area (Å²) in [5.41, 5.74) is 0.336. The summed E-state index contributed by atoms with van der Waals surface area (Å²) < 4.78 is 45.7. The number of halogens is 2. The molecule has 2 heterocycles. The summed E-state index contributed by atoms with van der Waals surface area (Å²) in [5.74, 6) is 0.0119. The zero-order valence-corrected chi connectivity index (χ0v) is 14.7. The van der Waals surface area contributed by atoms with Crippen LogP contribution >= 0.6 is 22.9 Å². The van der Waals surface area contributed by atoms with Gasteiger partial charge in [0.1, 0.15) is 10.0 Å². The Bertz CT molecular complexity index is 985. The summed E-state index contributed by atoms with van der Waals surface area (Å²) >= 11 is 6.63. The number of anilines is 1. The van der Waals surface area contributed by atoms with Crippen LogP contribution in [0.15, 0.2) is 38.4 Å². The first kappa shape index (κ1) is 16.9. The van der Waals surface area contributed by atoms with E-state index in [9.17, 15) is 12.8 Å². The van der Waals surface area contributed by atoms with Crippen LogP contribution in [0, 0.1) is 5.82 Å². The van der Waals surface area contributed by atoms with Gasteiger partial charge in [0, 0.05) is 22.4 Å². The Morgan fingerprint density at radius 1 is 1.38 bits per heavy atom. The maximum absolute atomic E-state index is 13.8. The van der Waals surface area contributed by atoms with Gasteiger partial charge in [-0.2, -0.15) is 4.98 Å². The van der Waals surface area contributed by atoms with Crippen molar-refractivity contribution >= 4 is 38.6 Å². The van der Waals surface area contributed by atoms with E-state index in [1.54, 1.807) is 5.38 Å². The second-order valence-corrected chi connectivity index (χ2v) is 8.01. The van der Waals surface area contributed by atoms with Crippen molar-refractivity contribution in [2.24, 2.45) is 0 Å². The Morgan fingerprint density at radius 2 is 2.17 bits per heavy atom. The highest BCUT2D eigenvalue weighted by Gasteiger charge is 2.20. The van der Waals surface area contributed by atoms with Crippen LogP contribution in [0.1, 0.15) is 12.8 Å². The lowest BCUT2D eigenvalue weighted by Crippen LogP contribution is -2.12. The third kappa shape index (κ3) is 3.42. The van der Waals surface area contributed by atoms with Gasteiger partial charge in [0.25, 0.3) is 10.0 Å². The SMILES string of the molecule is CCc1nc(-c2csc(S(=O)(=O)Nc3ccc(Cl)cc3F)c2)no1. The second-order valence-electron chi connectivity index (χ2n) is 4.75. The number of aromatic nitrogens is 2. The average Bonchev–Trinajstić information content (AvgIpc) is 3.18. The molecule has 0 bridgehead atoms. The van der Waals surface area contributed by atoms with Crippen LogP contribution in [0.25, 0.3) is 11.4 Å². The van der Waals surface area contributed by atoms with Gasteiger partial charge in [-0.15, -0.1) is 11.3 Å². The number of thiophene rings is 1.